The molecule has 0 spiro atoms. The summed E-state index contributed by atoms with van der Waals surface area (Å²) in [5.74, 6) is 0.838. The average molecular weight is 260 g/mol. The van der Waals surface area contributed by atoms with Crippen molar-refractivity contribution >= 4 is 11.6 Å². The first kappa shape index (κ1) is 13.9. The van der Waals surface area contributed by atoms with Crippen LogP contribution in [0.5, 0.6) is 0 Å². The minimum absolute atomic E-state index is 0.134. The molecule has 0 heterocycles. The van der Waals surface area contributed by atoms with Crippen molar-refractivity contribution in [2.24, 2.45) is 5.92 Å². The van der Waals surface area contributed by atoms with Gasteiger partial charge in [-0.3, -0.25) is 4.79 Å². The fraction of sp³-hybridized carbons (Fsp3) is 0.562. The number of rotatable bonds is 5. The van der Waals surface area contributed by atoms with Crippen LogP contribution in [-0.4, -0.2) is 30.9 Å². The van der Waals surface area contributed by atoms with E-state index >= 15 is 0 Å². The lowest BCUT2D eigenvalue weighted by Gasteiger charge is -2.21. The van der Waals surface area contributed by atoms with Gasteiger partial charge in [0.1, 0.15) is 0 Å². The SMILES string of the molecule is CCNc1ccc(C(=O)N(C)CC2CCCC2)cc1. The maximum absolute atomic E-state index is 12.3. The summed E-state index contributed by atoms with van der Waals surface area (Å²) in [7, 11) is 1.92. The first-order valence-corrected chi connectivity index (χ1v) is 7.30. The van der Waals surface area contributed by atoms with E-state index in [-0.39, 0.29) is 5.91 Å². The summed E-state index contributed by atoms with van der Waals surface area (Å²) in [4.78, 5) is 14.2. The predicted molar refractivity (Wildman–Crippen MR) is 79.5 cm³/mol. The Hall–Kier alpha value is -1.51. The van der Waals surface area contributed by atoms with Gasteiger partial charge in [-0.2, -0.15) is 0 Å². The molecule has 1 aromatic carbocycles. The second kappa shape index (κ2) is 6.60. The minimum Gasteiger partial charge on any atom is -0.385 e. The second-order valence-corrected chi connectivity index (χ2v) is 5.44. The second-order valence-electron chi connectivity index (χ2n) is 5.44. The van der Waals surface area contributed by atoms with Crippen LogP contribution >= 0.6 is 0 Å². The molecule has 19 heavy (non-hydrogen) atoms. The van der Waals surface area contributed by atoms with Crippen LogP contribution in [0.3, 0.4) is 0 Å². The van der Waals surface area contributed by atoms with Crippen LogP contribution < -0.4 is 5.32 Å². The summed E-state index contributed by atoms with van der Waals surface area (Å²) in [5, 5.41) is 3.24. The van der Waals surface area contributed by atoms with Gasteiger partial charge in [0.05, 0.1) is 0 Å². The summed E-state index contributed by atoms with van der Waals surface area (Å²) in [6, 6.07) is 7.76. The summed E-state index contributed by atoms with van der Waals surface area (Å²) in [6.45, 7) is 3.86. The molecule has 1 N–H and O–H groups in total. The Bertz CT molecular complexity index is 407. The molecule has 1 aliphatic rings. The topological polar surface area (TPSA) is 32.3 Å². The maximum Gasteiger partial charge on any atom is 0.253 e. The fourth-order valence-electron chi connectivity index (χ4n) is 2.82. The molecule has 0 saturated heterocycles. The molecule has 1 fully saturated rings. The van der Waals surface area contributed by atoms with Gasteiger partial charge in [0.2, 0.25) is 0 Å². The van der Waals surface area contributed by atoms with Gasteiger partial charge in [-0.25, -0.2) is 0 Å². The van der Waals surface area contributed by atoms with Gasteiger partial charge < -0.3 is 10.2 Å². The van der Waals surface area contributed by atoms with Crippen molar-refractivity contribution in [3.8, 4) is 0 Å². The molecule has 1 aromatic rings. The molecule has 2 rings (SSSR count). The number of hydrogen-bond donors (Lipinski definition) is 1. The highest BCUT2D eigenvalue weighted by molar-refractivity contribution is 5.94. The smallest absolute Gasteiger partial charge is 0.253 e. The van der Waals surface area contributed by atoms with Crippen molar-refractivity contribution in [1.82, 2.24) is 4.90 Å². The Balaban J connectivity index is 1.93. The Kier molecular flexibility index (Phi) is 4.83. The number of nitrogens with one attached hydrogen (secondary N) is 1. The highest BCUT2D eigenvalue weighted by atomic mass is 16.2. The number of carbonyl (C=O) groups is 1. The maximum atomic E-state index is 12.3. The van der Waals surface area contributed by atoms with Crippen LogP contribution in [0.4, 0.5) is 5.69 Å². The Labute approximate surface area is 116 Å². The number of anilines is 1. The molecular weight excluding hydrogens is 236 g/mol. The number of amides is 1. The van der Waals surface area contributed by atoms with Gasteiger partial charge in [-0.05, 0) is 49.9 Å². The molecule has 0 radical (unpaired) electrons. The third-order valence-electron chi connectivity index (χ3n) is 3.87. The van der Waals surface area contributed by atoms with Crippen molar-refractivity contribution in [1.29, 1.82) is 0 Å². The van der Waals surface area contributed by atoms with Crippen LogP contribution in [0.2, 0.25) is 0 Å². The van der Waals surface area contributed by atoms with E-state index in [1.807, 2.05) is 36.2 Å². The monoisotopic (exact) mass is 260 g/mol. The first-order chi connectivity index (χ1) is 9.20. The van der Waals surface area contributed by atoms with Crippen molar-refractivity contribution in [2.75, 3.05) is 25.5 Å². The quantitative estimate of drug-likeness (QED) is 0.880. The van der Waals surface area contributed by atoms with Crippen LogP contribution in [0.25, 0.3) is 0 Å². The summed E-state index contributed by atoms with van der Waals surface area (Å²) >= 11 is 0. The van der Waals surface area contributed by atoms with Crippen molar-refractivity contribution in [3.05, 3.63) is 29.8 Å². The standard InChI is InChI=1S/C16H24N2O/c1-3-17-15-10-8-14(9-11-15)16(19)18(2)12-13-6-4-5-7-13/h8-11,13,17H,3-7,12H2,1-2H3. The van der Waals surface area contributed by atoms with Crippen LogP contribution in [0, 0.1) is 5.92 Å². The number of benzene rings is 1. The van der Waals surface area contributed by atoms with E-state index in [0.717, 1.165) is 24.3 Å². The van der Waals surface area contributed by atoms with Gasteiger partial charge in [0.15, 0.2) is 0 Å². The molecule has 0 unspecified atom stereocenters. The van der Waals surface area contributed by atoms with Crippen LogP contribution in [0.1, 0.15) is 43.0 Å². The van der Waals surface area contributed by atoms with Gasteiger partial charge in [0, 0.05) is 31.4 Å². The fourth-order valence-corrected chi connectivity index (χ4v) is 2.82. The van der Waals surface area contributed by atoms with E-state index in [0.29, 0.717) is 5.92 Å². The zero-order valence-corrected chi connectivity index (χ0v) is 12.0. The van der Waals surface area contributed by atoms with Crippen molar-refractivity contribution < 1.29 is 4.79 Å². The van der Waals surface area contributed by atoms with E-state index in [1.165, 1.54) is 25.7 Å². The van der Waals surface area contributed by atoms with E-state index in [4.69, 9.17) is 0 Å². The Morgan fingerprint density at radius 2 is 1.89 bits per heavy atom. The molecule has 3 nitrogen and oxygen atoms in total. The predicted octanol–water partition coefficient (Wildman–Crippen LogP) is 3.38. The Morgan fingerprint density at radius 1 is 1.26 bits per heavy atom. The molecule has 0 aliphatic heterocycles. The third kappa shape index (κ3) is 3.72. The lowest BCUT2D eigenvalue weighted by molar-refractivity contribution is 0.0773. The number of hydrogen-bond acceptors (Lipinski definition) is 2. The molecule has 1 amide bonds. The van der Waals surface area contributed by atoms with E-state index in [1.54, 1.807) is 0 Å². The Morgan fingerprint density at radius 3 is 2.47 bits per heavy atom. The minimum atomic E-state index is 0.134. The summed E-state index contributed by atoms with van der Waals surface area (Å²) in [5.41, 5.74) is 1.85. The lowest BCUT2D eigenvalue weighted by Crippen LogP contribution is -2.31. The normalized spacial score (nSPS) is 15.5. The highest BCUT2D eigenvalue weighted by Gasteiger charge is 2.20. The molecule has 104 valence electrons. The number of carbonyl (C=O) groups excluding carboxylic acids is 1. The van der Waals surface area contributed by atoms with Gasteiger partial charge in [-0.15, -0.1) is 0 Å². The first-order valence-electron chi connectivity index (χ1n) is 7.30. The van der Waals surface area contributed by atoms with E-state index in [9.17, 15) is 4.79 Å². The highest BCUT2D eigenvalue weighted by Crippen LogP contribution is 2.25. The zero-order chi connectivity index (χ0) is 13.7. The molecule has 0 aromatic heterocycles. The van der Waals surface area contributed by atoms with E-state index < -0.39 is 0 Å². The molecule has 1 aliphatic carbocycles. The van der Waals surface area contributed by atoms with Crippen LogP contribution in [0.15, 0.2) is 24.3 Å². The summed E-state index contributed by atoms with van der Waals surface area (Å²) < 4.78 is 0. The van der Waals surface area contributed by atoms with Crippen molar-refractivity contribution in [3.63, 3.8) is 0 Å². The molecular formula is C16H24N2O. The molecule has 1 saturated carbocycles. The lowest BCUT2D eigenvalue weighted by atomic mass is 10.1. The third-order valence-corrected chi connectivity index (χ3v) is 3.87. The zero-order valence-electron chi connectivity index (χ0n) is 12.0. The average Bonchev–Trinajstić information content (AvgIpc) is 2.92. The molecule has 3 heteroatoms. The van der Waals surface area contributed by atoms with Gasteiger partial charge in [0.25, 0.3) is 5.91 Å². The molecule has 0 bridgehead atoms. The summed E-state index contributed by atoms with van der Waals surface area (Å²) in [6.07, 6.45) is 5.20. The van der Waals surface area contributed by atoms with Gasteiger partial charge >= 0.3 is 0 Å². The van der Waals surface area contributed by atoms with Crippen molar-refractivity contribution in [2.45, 2.75) is 32.6 Å². The molecule has 0 atom stereocenters. The van der Waals surface area contributed by atoms with Gasteiger partial charge in [-0.1, -0.05) is 12.8 Å². The number of nitrogens with zero attached hydrogens (tertiary/aromatic N) is 1. The van der Waals surface area contributed by atoms with Crippen LogP contribution in [-0.2, 0) is 0 Å². The van der Waals surface area contributed by atoms with E-state index in [2.05, 4.69) is 12.2 Å². The largest absolute Gasteiger partial charge is 0.385 e.